The van der Waals surface area contributed by atoms with Gasteiger partial charge in [0.15, 0.2) is 0 Å². The van der Waals surface area contributed by atoms with E-state index in [0.717, 1.165) is 17.2 Å². The Morgan fingerprint density at radius 2 is 1.81 bits per heavy atom. The van der Waals surface area contributed by atoms with Gasteiger partial charge in [-0.25, -0.2) is 5.10 Å². The van der Waals surface area contributed by atoms with Crippen molar-refractivity contribution >= 4 is 0 Å². The summed E-state index contributed by atoms with van der Waals surface area (Å²) >= 11 is 0. The number of hydrogen-bond donors (Lipinski definition) is 1. The smallest absolute Gasteiger partial charge is 0.264 e. The number of nitrogens with zero attached hydrogens (tertiary/aromatic N) is 1. The first-order valence-electron chi connectivity index (χ1n) is 5.49. The van der Waals surface area contributed by atoms with Gasteiger partial charge < -0.3 is 0 Å². The van der Waals surface area contributed by atoms with Gasteiger partial charge in [-0.15, -0.1) is 0 Å². The van der Waals surface area contributed by atoms with Gasteiger partial charge in [-0.3, -0.25) is 4.79 Å². The van der Waals surface area contributed by atoms with Gasteiger partial charge in [0.2, 0.25) is 0 Å². The van der Waals surface area contributed by atoms with Crippen molar-refractivity contribution in [1.82, 2.24) is 10.2 Å². The zero-order chi connectivity index (χ0) is 11.0. The van der Waals surface area contributed by atoms with E-state index in [9.17, 15) is 4.79 Å². The minimum absolute atomic E-state index is 0.168. The van der Waals surface area contributed by atoms with Crippen molar-refractivity contribution in [1.29, 1.82) is 0 Å². The van der Waals surface area contributed by atoms with Crippen LogP contribution in [0.15, 0.2) is 41.2 Å². The molecule has 0 radical (unpaired) electrons. The van der Waals surface area contributed by atoms with E-state index in [-0.39, 0.29) is 5.56 Å². The van der Waals surface area contributed by atoms with E-state index in [0.29, 0.717) is 0 Å². The highest BCUT2D eigenvalue weighted by molar-refractivity contribution is 5.58. The Kier molecular flexibility index (Phi) is 2.10. The lowest BCUT2D eigenvalue weighted by molar-refractivity contribution is 0.995. The van der Waals surface area contributed by atoms with Crippen molar-refractivity contribution in [2.24, 2.45) is 0 Å². The van der Waals surface area contributed by atoms with Crippen LogP contribution >= 0.6 is 0 Å². The second-order valence-electron chi connectivity index (χ2n) is 4.20. The predicted octanol–water partition coefficient (Wildman–Crippen LogP) is 2.31. The van der Waals surface area contributed by atoms with Crippen molar-refractivity contribution < 1.29 is 0 Å². The largest absolute Gasteiger partial charge is 0.268 e. The number of hydrogen-bond acceptors (Lipinski definition) is 2. The van der Waals surface area contributed by atoms with Gasteiger partial charge in [-0.1, -0.05) is 24.3 Å². The lowest BCUT2D eigenvalue weighted by Gasteiger charge is -2.01. The molecular weight excluding hydrogens is 200 g/mol. The molecule has 3 heteroatoms. The maximum absolute atomic E-state index is 10.9. The topological polar surface area (TPSA) is 45.8 Å². The molecule has 1 N–H and O–H groups in total. The molecule has 80 valence electrons. The highest BCUT2D eigenvalue weighted by Gasteiger charge is 2.22. The van der Waals surface area contributed by atoms with Crippen LogP contribution in [0.2, 0.25) is 0 Å². The van der Waals surface area contributed by atoms with Crippen molar-refractivity contribution in [3.8, 4) is 11.3 Å². The molecule has 1 aliphatic carbocycles. The summed E-state index contributed by atoms with van der Waals surface area (Å²) in [5.74, 6) is 0.776. The number of benzene rings is 1. The predicted molar refractivity (Wildman–Crippen MR) is 62.3 cm³/mol. The first-order valence-corrected chi connectivity index (χ1v) is 5.49. The minimum Gasteiger partial charge on any atom is -0.268 e. The first-order chi connectivity index (χ1) is 7.83. The molecule has 1 aromatic carbocycles. The number of nitrogens with one attached hydrogen (secondary N) is 1. The third-order valence-electron chi connectivity index (χ3n) is 2.93. The van der Waals surface area contributed by atoms with Gasteiger partial charge in [0.05, 0.1) is 5.69 Å². The molecule has 0 unspecified atom stereocenters. The van der Waals surface area contributed by atoms with Crippen LogP contribution in [-0.2, 0) is 0 Å². The van der Waals surface area contributed by atoms with Crippen LogP contribution < -0.4 is 5.56 Å². The molecule has 16 heavy (non-hydrogen) atoms. The van der Waals surface area contributed by atoms with Crippen molar-refractivity contribution in [3.63, 3.8) is 0 Å². The Balaban J connectivity index is 1.93. The third kappa shape index (κ3) is 1.76. The number of aromatic nitrogens is 2. The minimum atomic E-state index is -0.168. The molecule has 0 amide bonds. The summed E-state index contributed by atoms with van der Waals surface area (Å²) in [6, 6.07) is 11.7. The lowest BCUT2D eigenvalue weighted by atomic mass is 10.1. The summed E-state index contributed by atoms with van der Waals surface area (Å²) in [4.78, 5) is 10.9. The quantitative estimate of drug-likeness (QED) is 0.830. The van der Waals surface area contributed by atoms with E-state index in [1.807, 2.05) is 0 Å². The molecule has 0 aliphatic heterocycles. The maximum atomic E-state index is 10.9. The van der Waals surface area contributed by atoms with Crippen LogP contribution in [0.1, 0.15) is 24.3 Å². The van der Waals surface area contributed by atoms with E-state index >= 15 is 0 Å². The van der Waals surface area contributed by atoms with Gasteiger partial charge in [-0.2, -0.15) is 5.10 Å². The first kappa shape index (κ1) is 9.33. The molecule has 3 nitrogen and oxygen atoms in total. The fraction of sp³-hybridized carbons (Fsp3) is 0.231. The summed E-state index contributed by atoms with van der Waals surface area (Å²) in [6.07, 6.45) is 2.63. The Morgan fingerprint density at radius 3 is 2.38 bits per heavy atom. The Hall–Kier alpha value is -1.90. The third-order valence-corrected chi connectivity index (χ3v) is 2.93. The van der Waals surface area contributed by atoms with Crippen molar-refractivity contribution in [2.45, 2.75) is 18.8 Å². The highest BCUT2D eigenvalue weighted by atomic mass is 16.1. The van der Waals surface area contributed by atoms with E-state index in [2.05, 4.69) is 34.5 Å². The van der Waals surface area contributed by atoms with E-state index in [1.54, 1.807) is 6.07 Å². The van der Waals surface area contributed by atoms with E-state index in [1.165, 1.54) is 24.5 Å². The maximum Gasteiger partial charge on any atom is 0.264 e. The van der Waals surface area contributed by atoms with E-state index < -0.39 is 0 Å². The molecule has 1 aromatic heterocycles. The lowest BCUT2D eigenvalue weighted by Crippen LogP contribution is -2.05. The normalized spacial score (nSPS) is 15.0. The molecule has 0 saturated heterocycles. The van der Waals surface area contributed by atoms with Gasteiger partial charge >= 0.3 is 0 Å². The van der Waals surface area contributed by atoms with Crippen LogP contribution in [0.4, 0.5) is 0 Å². The Morgan fingerprint density at radius 1 is 1.06 bits per heavy atom. The number of aromatic amines is 1. The fourth-order valence-corrected chi connectivity index (χ4v) is 1.85. The Labute approximate surface area is 93.1 Å². The second-order valence-corrected chi connectivity index (χ2v) is 4.20. The van der Waals surface area contributed by atoms with Crippen LogP contribution in [0, 0.1) is 0 Å². The highest BCUT2D eigenvalue weighted by Crippen LogP contribution is 2.40. The van der Waals surface area contributed by atoms with Crippen molar-refractivity contribution in [3.05, 3.63) is 52.3 Å². The van der Waals surface area contributed by atoms with Crippen molar-refractivity contribution in [2.75, 3.05) is 0 Å². The molecule has 3 rings (SSSR count). The zero-order valence-electron chi connectivity index (χ0n) is 8.81. The standard InChI is InChI=1S/C13H12N2O/c16-13-8-7-12(14-15-13)11-5-3-10(4-6-11)9-1-2-9/h3-9H,1-2H2,(H,15,16). The fourth-order valence-electron chi connectivity index (χ4n) is 1.85. The molecule has 2 aromatic rings. The average molecular weight is 212 g/mol. The summed E-state index contributed by atoms with van der Waals surface area (Å²) in [5, 5.41) is 6.44. The molecule has 0 spiro atoms. The molecule has 1 heterocycles. The zero-order valence-corrected chi connectivity index (χ0v) is 8.81. The SMILES string of the molecule is O=c1ccc(-c2ccc(C3CC3)cc2)n[nH]1. The van der Waals surface area contributed by atoms with Gasteiger partial charge in [0, 0.05) is 11.6 Å². The molecule has 1 fully saturated rings. The molecule has 0 atom stereocenters. The van der Waals surface area contributed by atoms with Crippen LogP contribution in [0.25, 0.3) is 11.3 Å². The summed E-state index contributed by atoms with van der Waals surface area (Å²) in [5.41, 5.74) is 3.09. The monoisotopic (exact) mass is 212 g/mol. The molecule has 1 saturated carbocycles. The average Bonchev–Trinajstić information content (AvgIpc) is 3.14. The molecule has 1 aliphatic rings. The summed E-state index contributed by atoms with van der Waals surface area (Å²) < 4.78 is 0. The van der Waals surface area contributed by atoms with Crippen LogP contribution in [-0.4, -0.2) is 10.2 Å². The second kappa shape index (κ2) is 3.59. The number of rotatable bonds is 2. The van der Waals surface area contributed by atoms with Gasteiger partial charge in [0.25, 0.3) is 5.56 Å². The summed E-state index contributed by atoms with van der Waals surface area (Å²) in [7, 11) is 0. The summed E-state index contributed by atoms with van der Waals surface area (Å²) in [6.45, 7) is 0. The molecule has 0 bridgehead atoms. The van der Waals surface area contributed by atoms with Crippen LogP contribution in [0.3, 0.4) is 0 Å². The molecular formula is C13H12N2O. The van der Waals surface area contributed by atoms with Gasteiger partial charge in [0.1, 0.15) is 0 Å². The van der Waals surface area contributed by atoms with Gasteiger partial charge in [-0.05, 0) is 30.4 Å². The Bertz CT molecular complexity index is 532. The van der Waals surface area contributed by atoms with E-state index in [4.69, 9.17) is 0 Å². The number of H-pyrrole nitrogens is 1. The van der Waals surface area contributed by atoms with Crippen LogP contribution in [0.5, 0.6) is 0 Å².